The molecule has 3 fully saturated rings. The number of aromatic nitrogens is 2. The topological polar surface area (TPSA) is 50.2 Å². The minimum Gasteiger partial charge on any atom is -0.335 e. The molecule has 132 valence electrons. The number of hydrogen-bond acceptors (Lipinski definition) is 2. The molecule has 0 spiro atoms. The largest absolute Gasteiger partial charge is 0.335 e. The molecule has 4 rings (SSSR count). The summed E-state index contributed by atoms with van der Waals surface area (Å²) in [7, 11) is 0. The van der Waals surface area contributed by atoms with Gasteiger partial charge < -0.3 is 14.8 Å². The number of carbonyl (C=O) groups excluding carboxylic acids is 1. The summed E-state index contributed by atoms with van der Waals surface area (Å²) in [5.74, 6) is 2.52. The molecule has 2 aliphatic carbocycles. The molecule has 1 aromatic rings. The molecular weight excluding hydrogens is 300 g/mol. The second kappa shape index (κ2) is 6.77. The Morgan fingerprint density at radius 1 is 1.21 bits per heavy atom. The third-order valence-electron chi connectivity index (χ3n) is 5.98. The lowest BCUT2D eigenvalue weighted by molar-refractivity contribution is 0.198. The molecule has 2 saturated carbocycles. The van der Waals surface area contributed by atoms with Gasteiger partial charge >= 0.3 is 6.03 Å². The predicted molar refractivity (Wildman–Crippen MR) is 94.0 cm³/mol. The fraction of sp³-hybridized carbons (Fsp3) is 0.789. The summed E-state index contributed by atoms with van der Waals surface area (Å²) in [6, 6.07) is 0.567. The number of rotatable bonds is 4. The van der Waals surface area contributed by atoms with Gasteiger partial charge in [0.15, 0.2) is 0 Å². The highest BCUT2D eigenvalue weighted by Gasteiger charge is 2.32. The molecule has 3 aliphatic rings. The number of imidazole rings is 1. The minimum atomic E-state index is 0.161. The summed E-state index contributed by atoms with van der Waals surface area (Å²) in [5, 5.41) is 3.26. The van der Waals surface area contributed by atoms with Crippen LogP contribution in [0.15, 0.2) is 6.20 Å². The van der Waals surface area contributed by atoms with Crippen LogP contribution in [-0.4, -0.2) is 39.6 Å². The first-order chi connectivity index (χ1) is 11.7. The fourth-order valence-corrected chi connectivity index (χ4v) is 4.32. The quantitative estimate of drug-likeness (QED) is 0.919. The average Bonchev–Trinajstić information content (AvgIpc) is 3.21. The summed E-state index contributed by atoms with van der Waals surface area (Å²) >= 11 is 0. The molecule has 1 N–H and O–H groups in total. The maximum atomic E-state index is 12.5. The van der Waals surface area contributed by atoms with E-state index in [-0.39, 0.29) is 6.03 Å². The zero-order valence-electron chi connectivity index (χ0n) is 14.8. The highest BCUT2D eigenvalue weighted by Crippen LogP contribution is 2.40. The van der Waals surface area contributed by atoms with Crippen LogP contribution in [0.4, 0.5) is 4.79 Å². The van der Waals surface area contributed by atoms with E-state index in [9.17, 15) is 4.79 Å². The molecular formula is C19H30N4O. The van der Waals surface area contributed by atoms with Crippen LogP contribution in [0.25, 0.3) is 0 Å². The van der Waals surface area contributed by atoms with Gasteiger partial charge in [-0.2, -0.15) is 0 Å². The first-order valence-corrected chi connectivity index (χ1v) is 9.78. The van der Waals surface area contributed by atoms with Crippen molar-refractivity contribution < 1.29 is 4.79 Å². The van der Waals surface area contributed by atoms with E-state index in [1.54, 1.807) is 0 Å². The molecule has 1 unspecified atom stereocenters. The van der Waals surface area contributed by atoms with Crippen LogP contribution in [0.1, 0.15) is 68.8 Å². The summed E-state index contributed by atoms with van der Waals surface area (Å²) in [6.45, 7) is 4.96. The third-order valence-corrected chi connectivity index (χ3v) is 5.98. The molecule has 0 bridgehead atoms. The van der Waals surface area contributed by atoms with Gasteiger partial charge in [0.25, 0.3) is 0 Å². The molecule has 2 amide bonds. The number of carbonyl (C=O) groups is 1. The molecule has 5 nitrogen and oxygen atoms in total. The molecule has 1 aromatic heterocycles. The van der Waals surface area contributed by atoms with E-state index in [2.05, 4.69) is 21.8 Å². The first kappa shape index (κ1) is 16.0. The summed E-state index contributed by atoms with van der Waals surface area (Å²) in [4.78, 5) is 19.2. The SMILES string of the molecule is Cc1cnc(C2CC2)n1CC1CCN(C(=O)NC2CCCCC2)C1. The van der Waals surface area contributed by atoms with Gasteiger partial charge in [-0.05, 0) is 44.9 Å². The zero-order valence-corrected chi connectivity index (χ0v) is 14.8. The van der Waals surface area contributed by atoms with E-state index in [0.29, 0.717) is 17.9 Å². The summed E-state index contributed by atoms with van der Waals surface area (Å²) < 4.78 is 2.41. The Kier molecular flexibility index (Phi) is 4.51. The fourth-order valence-electron chi connectivity index (χ4n) is 4.32. The molecule has 0 aromatic carbocycles. The molecule has 2 heterocycles. The van der Waals surface area contributed by atoms with Crippen molar-refractivity contribution in [3.63, 3.8) is 0 Å². The number of aryl methyl sites for hydroxylation is 1. The van der Waals surface area contributed by atoms with Crippen molar-refractivity contribution in [1.29, 1.82) is 0 Å². The lowest BCUT2D eigenvalue weighted by Crippen LogP contribution is -2.44. The number of likely N-dealkylation sites (tertiary alicyclic amines) is 1. The smallest absolute Gasteiger partial charge is 0.317 e. The number of urea groups is 1. The van der Waals surface area contributed by atoms with Crippen molar-refractivity contribution in [2.75, 3.05) is 13.1 Å². The molecule has 0 radical (unpaired) electrons. The monoisotopic (exact) mass is 330 g/mol. The second-order valence-corrected chi connectivity index (χ2v) is 8.03. The van der Waals surface area contributed by atoms with Crippen LogP contribution in [0.3, 0.4) is 0 Å². The Balaban J connectivity index is 1.31. The van der Waals surface area contributed by atoms with Crippen molar-refractivity contribution in [2.45, 2.75) is 76.8 Å². The Bertz CT molecular complexity index is 586. The van der Waals surface area contributed by atoms with Crippen LogP contribution in [-0.2, 0) is 6.54 Å². The van der Waals surface area contributed by atoms with E-state index in [1.165, 1.54) is 43.6 Å². The van der Waals surface area contributed by atoms with Crippen molar-refractivity contribution in [3.05, 3.63) is 17.7 Å². The number of nitrogens with one attached hydrogen (secondary N) is 1. The highest BCUT2D eigenvalue weighted by molar-refractivity contribution is 5.74. The number of hydrogen-bond donors (Lipinski definition) is 1. The maximum absolute atomic E-state index is 12.5. The van der Waals surface area contributed by atoms with Gasteiger partial charge in [0, 0.05) is 43.5 Å². The van der Waals surface area contributed by atoms with Gasteiger partial charge in [0.2, 0.25) is 0 Å². The normalized spacial score (nSPS) is 25.2. The van der Waals surface area contributed by atoms with Gasteiger partial charge in [0.05, 0.1) is 0 Å². The van der Waals surface area contributed by atoms with Crippen LogP contribution in [0.5, 0.6) is 0 Å². The molecule has 1 saturated heterocycles. The van der Waals surface area contributed by atoms with Crippen molar-refractivity contribution in [3.8, 4) is 0 Å². The van der Waals surface area contributed by atoms with E-state index in [4.69, 9.17) is 0 Å². The van der Waals surface area contributed by atoms with Gasteiger partial charge in [-0.1, -0.05) is 19.3 Å². The standard InChI is InChI=1S/C19H30N4O/c1-14-11-20-18(16-7-8-16)23(14)13-15-9-10-22(12-15)19(24)21-17-5-3-2-4-6-17/h11,15-17H,2-10,12-13H2,1H3,(H,21,24). The van der Waals surface area contributed by atoms with Gasteiger partial charge in [-0.3, -0.25) is 0 Å². The van der Waals surface area contributed by atoms with E-state index in [1.807, 2.05) is 11.1 Å². The summed E-state index contributed by atoms with van der Waals surface area (Å²) in [5.41, 5.74) is 1.27. The van der Waals surface area contributed by atoms with Gasteiger partial charge in [-0.15, -0.1) is 0 Å². The van der Waals surface area contributed by atoms with Crippen LogP contribution >= 0.6 is 0 Å². The molecule has 5 heteroatoms. The van der Waals surface area contributed by atoms with E-state index in [0.717, 1.165) is 38.9 Å². The number of nitrogens with zero attached hydrogens (tertiary/aromatic N) is 3. The lowest BCUT2D eigenvalue weighted by atomic mass is 9.96. The van der Waals surface area contributed by atoms with Crippen LogP contribution in [0, 0.1) is 12.8 Å². The molecule has 24 heavy (non-hydrogen) atoms. The van der Waals surface area contributed by atoms with Crippen LogP contribution < -0.4 is 5.32 Å². The lowest BCUT2D eigenvalue weighted by Gasteiger charge is -2.26. The number of amides is 2. The van der Waals surface area contributed by atoms with Gasteiger partial charge in [-0.25, -0.2) is 9.78 Å². The van der Waals surface area contributed by atoms with Crippen molar-refractivity contribution in [1.82, 2.24) is 19.8 Å². The van der Waals surface area contributed by atoms with Crippen molar-refractivity contribution in [2.24, 2.45) is 5.92 Å². The predicted octanol–water partition coefficient (Wildman–Crippen LogP) is 3.43. The summed E-state index contributed by atoms with van der Waals surface area (Å²) in [6.07, 6.45) is 11.9. The van der Waals surface area contributed by atoms with Gasteiger partial charge in [0.1, 0.15) is 5.82 Å². The van der Waals surface area contributed by atoms with Crippen molar-refractivity contribution >= 4 is 6.03 Å². The first-order valence-electron chi connectivity index (χ1n) is 9.78. The third kappa shape index (κ3) is 3.45. The Labute approximate surface area is 144 Å². The Morgan fingerprint density at radius 2 is 2.00 bits per heavy atom. The Hall–Kier alpha value is -1.52. The highest BCUT2D eigenvalue weighted by atomic mass is 16.2. The second-order valence-electron chi connectivity index (χ2n) is 8.03. The maximum Gasteiger partial charge on any atom is 0.317 e. The molecule has 1 atom stereocenters. The van der Waals surface area contributed by atoms with E-state index < -0.39 is 0 Å². The van der Waals surface area contributed by atoms with Crippen LogP contribution in [0.2, 0.25) is 0 Å². The minimum absolute atomic E-state index is 0.161. The Morgan fingerprint density at radius 3 is 2.75 bits per heavy atom. The van der Waals surface area contributed by atoms with E-state index >= 15 is 0 Å². The molecule has 1 aliphatic heterocycles. The zero-order chi connectivity index (χ0) is 16.5. The average molecular weight is 330 g/mol.